The lowest BCUT2D eigenvalue weighted by molar-refractivity contribution is -0.158. The number of halogens is 3. The molecule has 1 aliphatic heterocycles. The fourth-order valence-corrected chi connectivity index (χ4v) is 2.62. The van der Waals surface area contributed by atoms with E-state index in [0.29, 0.717) is 6.42 Å². The highest BCUT2D eigenvalue weighted by atomic mass is 19.4. The zero-order chi connectivity index (χ0) is 23.0. The molecular formula is C20H34F3NO5. The maximum atomic E-state index is 12.8. The minimum Gasteiger partial charge on any atom is -0.460 e. The first-order chi connectivity index (χ1) is 13.1. The number of carbonyl (C=O) groups is 3. The summed E-state index contributed by atoms with van der Waals surface area (Å²) in [5.41, 5.74) is -0.593. The van der Waals surface area contributed by atoms with Crippen LogP contribution in [0.4, 0.5) is 18.0 Å². The fraction of sp³-hybridized carbons (Fsp3) is 0.850. The smallest absolute Gasteiger partial charge is 0.416 e. The monoisotopic (exact) mass is 425 g/mol. The van der Waals surface area contributed by atoms with E-state index in [4.69, 9.17) is 9.47 Å². The number of imide groups is 1. The van der Waals surface area contributed by atoms with Gasteiger partial charge >= 0.3 is 18.2 Å². The number of nitrogens with zero attached hydrogens (tertiary/aromatic N) is 1. The Balaban J connectivity index is 0.00000113. The summed E-state index contributed by atoms with van der Waals surface area (Å²) < 4.78 is 42.7. The molecule has 2 amide bonds. The SMILES string of the molecule is CCC(F)(F)F.CCCC(CC(=O)OC(C)(C)C)C(=O)N1C(=O)OCC1C(C)C. The van der Waals surface area contributed by atoms with E-state index >= 15 is 0 Å². The molecule has 0 aliphatic carbocycles. The van der Waals surface area contributed by atoms with Gasteiger partial charge in [-0.05, 0) is 33.1 Å². The number of cyclic esters (lactones) is 1. The molecule has 170 valence electrons. The van der Waals surface area contributed by atoms with Crippen LogP contribution in [0.1, 0.15) is 74.1 Å². The summed E-state index contributed by atoms with van der Waals surface area (Å²) in [6.45, 7) is 12.5. The third-order valence-electron chi connectivity index (χ3n) is 4.13. The van der Waals surface area contributed by atoms with Crippen LogP contribution in [0.5, 0.6) is 0 Å². The molecule has 29 heavy (non-hydrogen) atoms. The van der Waals surface area contributed by atoms with Crippen LogP contribution in [-0.2, 0) is 19.1 Å². The zero-order valence-corrected chi connectivity index (χ0v) is 18.4. The van der Waals surface area contributed by atoms with E-state index in [1.807, 2.05) is 20.8 Å². The summed E-state index contributed by atoms with van der Waals surface area (Å²) in [7, 11) is 0. The molecular weight excluding hydrogens is 391 g/mol. The molecule has 2 unspecified atom stereocenters. The van der Waals surface area contributed by atoms with Crippen LogP contribution >= 0.6 is 0 Å². The lowest BCUT2D eigenvalue weighted by Crippen LogP contribution is -2.45. The number of alkyl halides is 3. The van der Waals surface area contributed by atoms with Crippen molar-refractivity contribution in [2.24, 2.45) is 11.8 Å². The lowest BCUT2D eigenvalue weighted by Gasteiger charge is -2.27. The van der Waals surface area contributed by atoms with E-state index in [9.17, 15) is 27.6 Å². The van der Waals surface area contributed by atoms with Gasteiger partial charge in [-0.25, -0.2) is 9.69 Å². The van der Waals surface area contributed by atoms with Gasteiger partial charge in [0, 0.05) is 12.3 Å². The standard InChI is InChI=1S/C17H29NO5.C3H5F3/c1-7-8-12(9-14(19)23-17(4,5)6)15(20)18-13(11(2)3)10-22-16(18)21;1-2-3(4,5)6/h11-13H,7-10H2,1-6H3;2H2,1H3. The molecule has 0 aromatic carbocycles. The first kappa shape index (κ1) is 27.2. The summed E-state index contributed by atoms with van der Waals surface area (Å²) in [6.07, 6.45) is -4.04. The molecule has 0 aromatic rings. The van der Waals surface area contributed by atoms with E-state index in [2.05, 4.69) is 0 Å². The second-order valence-corrected chi connectivity index (χ2v) is 8.34. The third kappa shape index (κ3) is 10.5. The Labute approximate surface area is 171 Å². The molecule has 9 heteroatoms. The predicted molar refractivity (Wildman–Crippen MR) is 102 cm³/mol. The molecule has 1 heterocycles. The van der Waals surface area contributed by atoms with Crippen molar-refractivity contribution in [3.05, 3.63) is 0 Å². The average Bonchev–Trinajstić information content (AvgIpc) is 2.94. The molecule has 0 bridgehead atoms. The van der Waals surface area contributed by atoms with Crippen molar-refractivity contribution in [1.82, 2.24) is 4.90 Å². The molecule has 2 atom stereocenters. The number of hydrogen-bond donors (Lipinski definition) is 0. The molecule has 0 radical (unpaired) electrons. The van der Waals surface area contributed by atoms with Crippen LogP contribution in [0.25, 0.3) is 0 Å². The van der Waals surface area contributed by atoms with Crippen molar-refractivity contribution in [1.29, 1.82) is 0 Å². The fourth-order valence-electron chi connectivity index (χ4n) is 2.62. The van der Waals surface area contributed by atoms with Crippen LogP contribution in [0.2, 0.25) is 0 Å². The number of ether oxygens (including phenoxy) is 2. The minimum absolute atomic E-state index is 0.0153. The van der Waals surface area contributed by atoms with E-state index in [1.54, 1.807) is 20.8 Å². The van der Waals surface area contributed by atoms with Crippen molar-refractivity contribution in [2.45, 2.75) is 92.0 Å². The highest BCUT2D eigenvalue weighted by molar-refractivity contribution is 5.96. The van der Waals surface area contributed by atoms with E-state index in [0.717, 1.165) is 13.3 Å². The van der Waals surface area contributed by atoms with Gasteiger partial charge in [0.1, 0.15) is 12.2 Å². The van der Waals surface area contributed by atoms with Crippen LogP contribution in [0, 0.1) is 11.8 Å². The van der Waals surface area contributed by atoms with Crippen molar-refractivity contribution in [3.63, 3.8) is 0 Å². The molecule has 0 spiro atoms. The Morgan fingerprint density at radius 1 is 1.21 bits per heavy atom. The molecule has 0 aromatic heterocycles. The van der Waals surface area contributed by atoms with Crippen LogP contribution in [0.15, 0.2) is 0 Å². The van der Waals surface area contributed by atoms with Crippen molar-refractivity contribution in [2.75, 3.05) is 6.61 Å². The van der Waals surface area contributed by atoms with Gasteiger partial charge in [-0.3, -0.25) is 9.59 Å². The number of rotatable bonds is 6. The largest absolute Gasteiger partial charge is 0.460 e. The Kier molecular flexibility index (Phi) is 10.7. The maximum Gasteiger partial charge on any atom is 0.416 e. The topological polar surface area (TPSA) is 72.9 Å². The molecule has 6 nitrogen and oxygen atoms in total. The molecule has 0 N–H and O–H groups in total. The van der Waals surface area contributed by atoms with Gasteiger partial charge in [-0.15, -0.1) is 0 Å². The average molecular weight is 425 g/mol. The summed E-state index contributed by atoms with van der Waals surface area (Å²) in [6, 6.07) is -0.270. The normalized spacial score (nSPS) is 18.1. The van der Waals surface area contributed by atoms with Gasteiger partial charge in [-0.1, -0.05) is 34.1 Å². The van der Waals surface area contributed by atoms with Crippen LogP contribution < -0.4 is 0 Å². The van der Waals surface area contributed by atoms with Crippen LogP contribution in [-0.4, -0.2) is 47.3 Å². The van der Waals surface area contributed by atoms with E-state index in [-0.39, 0.29) is 30.9 Å². The maximum absolute atomic E-state index is 12.8. The summed E-state index contributed by atoms with van der Waals surface area (Å²) >= 11 is 0. The van der Waals surface area contributed by atoms with Gasteiger partial charge in [0.2, 0.25) is 5.91 Å². The molecule has 1 rings (SSSR count). The van der Waals surface area contributed by atoms with E-state index in [1.165, 1.54) is 4.90 Å². The molecule has 1 fully saturated rings. The van der Waals surface area contributed by atoms with Crippen molar-refractivity contribution < 1.29 is 37.0 Å². The zero-order valence-electron chi connectivity index (χ0n) is 18.4. The summed E-state index contributed by atoms with van der Waals surface area (Å²) in [5.74, 6) is -1.20. The number of hydrogen-bond acceptors (Lipinski definition) is 5. The van der Waals surface area contributed by atoms with E-state index < -0.39 is 36.2 Å². The Hall–Kier alpha value is -1.80. The highest BCUT2D eigenvalue weighted by Gasteiger charge is 2.42. The number of carbonyl (C=O) groups excluding carboxylic acids is 3. The Bertz CT molecular complexity index is 555. The first-order valence-corrected chi connectivity index (χ1v) is 9.91. The molecule has 1 saturated heterocycles. The second kappa shape index (κ2) is 11.4. The van der Waals surface area contributed by atoms with Crippen molar-refractivity contribution in [3.8, 4) is 0 Å². The third-order valence-corrected chi connectivity index (χ3v) is 4.13. The molecule has 1 aliphatic rings. The first-order valence-electron chi connectivity index (χ1n) is 9.91. The summed E-state index contributed by atoms with van der Waals surface area (Å²) in [5, 5.41) is 0. The van der Waals surface area contributed by atoms with Crippen LogP contribution in [0.3, 0.4) is 0 Å². The van der Waals surface area contributed by atoms with Gasteiger partial charge < -0.3 is 9.47 Å². The van der Waals surface area contributed by atoms with Gasteiger partial charge in [0.25, 0.3) is 0 Å². The summed E-state index contributed by atoms with van der Waals surface area (Å²) in [4.78, 5) is 37.9. The second-order valence-electron chi connectivity index (χ2n) is 8.34. The van der Waals surface area contributed by atoms with Gasteiger partial charge in [0.05, 0.1) is 12.5 Å². The van der Waals surface area contributed by atoms with Gasteiger partial charge in [-0.2, -0.15) is 13.2 Å². The number of esters is 1. The minimum atomic E-state index is -3.96. The van der Waals surface area contributed by atoms with Gasteiger partial charge in [0.15, 0.2) is 0 Å². The lowest BCUT2D eigenvalue weighted by atomic mass is 9.96. The highest BCUT2D eigenvalue weighted by Crippen LogP contribution is 2.25. The predicted octanol–water partition coefficient (Wildman–Crippen LogP) is 5.10. The Morgan fingerprint density at radius 2 is 1.72 bits per heavy atom. The molecule has 0 saturated carbocycles. The van der Waals surface area contributed by atoms with Crippen molar-refractivity contribution >= 4 is 18.0 Å². The quantitative estimate of drug-likeness (QED) is 0.554. The Morgan fingerprint density at radius 3 is 2.10 bits per heavy atom. The number of amides is 2.